The molecule has 2 N–H and O–H groups in total. The first kappa shape index (κ1) is 29.1. The van der Waals surface area contributed by atoms with Gasteiger partial charge in [0.05, 0.1) is 0 Å². The molecule has 4 nitrogen and oxygen atoms in total. The maximum atomic E-state index is 6.50. The van der Waals surface area contributed by atoms with Gasteiger partial charge in [-0.3, -0.25) is 0 Å². The summed E-state index contributed by atoms with van der Waals surface area (Å²) in [5.74, 6) is 0. The highest BCUT2D eigenvalue weighted by Crippen LogP contribution is 2.24. The average molecular weight is 432 g/mol. The van der Waals surface area contributed by atoms with Crippen LogP contribution in [0, 0.1) is 0 Å². The Bertz CT molecular complexity index is 325. The molecule has 0 spiro atoms. The standard InChI is InChI=1S/C24H53NO3Si/c1-5-8-9-10-17-20-23-29(26-6-2,27-7-3)28-24(4)21-18-15-13-11-12-14-16-19-22-25/h24H,5-23,25H2,1-4H3. The Hall–Kier alpha value is 0.0569. The van der Waals surface area contributed by atoms with Gasteiger partial charge in [0.2, 0.25) is 0 Å². The van der Waals surface area contributed by atoms with E-state index in [0.29, 0.717) is 13.2 Å². The van der Waals surface area contributed by atoms with E-state index in [1.165, 1.54) is 83.5 Å². The lowest BCUT2D eigenvalue weighted by Crippen LogP contribution is -2.48. The van der Waals surface area contributed by atoms with Crippen LogP contribution in [0.25, 0.3) is 0 Å². The van der Waals surface area contributed by atoms with Crippen LogP contribution in [0.15, 0.2) is 0 Å². The molecule has 0 radical (unpaired) electrons. The first-order valence-corrected chi connectivity index (χ1v) is 14.7. The van der Waals surface area contributed by atoms with Crippen molar-refractivity contribution in [2.75, 3.05) is 19.8 Å². The first-order chi connectivity index (χ1) is 14.1. The molecule has 1 unspecified atom stereocenters. The van der Waals surface area contributed by atoms with Crippen molar-refractivity contribution in [3.8, 4) is 0 Å². The Morgan fingerprint density at radius 3 is 1.66 bits per heavy atom. The lowest BCUT2D eigenvalue weighted by atomic mass is 10.1. The van der Waals surface area contributed by atoms with Gasteiger partial charge < -0.3 is 19.0 Å². The molecule has 1 atom stereocenters. The molecule has 0 amide bonds. The van der Waals surface area contributed by atoms with Crippen LogP contribution in [0.5, 0.6) is 0 Å². The minimum Gasteiger partial charge on any atom is -0.374 e. The van der Waals surface area contributed by atoms with Crippen LogP contribution in [0.3, 0.4) is 0 Å². The highest BCUT2D eigenvalue weighted by Gasteiger charge is 2.41. The van der Waals surface area contributed by atoms with Gasteiger partial charge >= 0.3 is 8.80 Å². The van der Waals surface area contributed by atoms with Gasteiger partial charge in [-0.25, -0.2) is 0 Å². The summed E-state index contributed by atoms with van der Waals surface area (Å²) in [4.78, 5) is 0. The Balaban J connectivity index is 4.13. The van der Waals surface area contributed by atoms with Crippen LogP contribution < -0.4 is 5.73 Å². The molecule has 0 bridgehead atoms. The predicted molar refractivity (Wildman–Crippen MR) is 128 cm³/mol. The molecular formula is C24H53NO3Si. The number of hydrogen-bond donors (Lipinski definition) is 1. The lowest BCUT2D eigenvalue weighted by molar-refractivity contribution is 0.0342. The zero-order valence-corrected chi connectivity index (χ0v) is 21.3. The summed E-state index contributed by atoms with van der Waals surface area (Å²) in [5.41, 5.74) is 5.54. The fourth-order valence-corrected chi connectivity index (χ4v) is 6.80. The van der Waals surface area contributed by atoms with Crippen LogP contribution in [-0.2, 0) is 13.3 Å². The molecule has 0 aromatic rings. The Morgan fingerprint density at radius 2 is 1.14 bits per heavy atom. The van der Waals surface area contributed by atoms with Gasteiger partial charge in [-0.1, -0.05) is 84.0 Å². The molecule has 29 heavy (non-hydrogen) atoms. The molecule has 0 aromatic heterocycles. The summed E-state index contributed by atoms with van der Waals surface area (Å²) in [6.07, 6.45) is 19.5. The van der Waals surface area contributed by atoms with Crippen molar-refractivity contribution in [1.82, 2.24) is 0 Å². The van der Waals surface area contributed by atoms with Crippen molar-refractivity contribution < 1.29 is 13.3 Å². The third-order valence-corrected chi connectivity index (χ3v) is 8.69. The second-order valence-corrected chi connectivity index (χ2v) is 11.1. The molecular weight excluding hydrogens is 378 g/mol. The van der Waals surface area contributed by atoms with Crippen LogP contribution >= 0.6 is 0 Å². The normalized spacial score (nSPS) is 13.1. The number of hydrogen-bond acceptors (Lipinski definition) is 4. The maximum Gasteiger partial charge on any atom is 0.501 e. The van der Waals surface area contributed by atoms with Crippen molar-refractivity contribution in [2.45, 2.75) is 136 Å². The molecule has 0 rings (SSSR count). The molecule has 0 aliphatic carbocycles. The monoisotopic (exact) mass is 431 g/mol. The van der Waals surface area contributed by atoms with E-state index in [-0.39, 0.29) is 6.10 Å². The highest BCUT2D eigenvalue weighted by molar-refractivity contribution is 6.60. The summed E-state index contributed by atoms with van der Waals surface area (Å²) in [7, 11) is -2.53. The summed E-state index contributed by atoms with van der Waals surface area (Å²) in [6.45, 7) is 10.8. The molecule has 0 saturated carbocycles. The van der Waals surface area contributed by atoms with Crippen LogP contribution in [-0.4, -0.2) is 34.7 Å². The van der Waals surface area contributed by atoms with Crippen LogP contribution in [0.4, 0.5) is 0 Å². The van der Waals surface area contributed by atoms with E-state index in [1.54, 1.807) is 0 Å². The molecule has 5 heteroatoms. The van der Waals surface area contributed by atoms with E-state index in [9.17, 15) is 0 Å². The summed E-state index contributed by atoms with van der Waals surface area (Å²) >= 11 is 0. The van der Waals surface area contributed by atoms with Crippen LogP contribution in [0.2, 0.25) is 6.04 Å². The lowest BCUT2D eigenvalue weighted by Gasteiger charge is -2.32. The second-order valence-electron chi connectivity index (χ2n) is 8.40. The first-order valence-electron chi connectivity index (χ1n) is 12.8. The van der Waals surface area contributed by atoms with Gasteiger partial charge in [0.1, 0.15) is 0 Å². The van der Waals surface area contributed by atoms with Gasteiger partial charge in [-0.05, 0) is 46.6 Å². The summed E-state index contributed by atoms with van der Waals surface area (Å²) < 4.78 is 18.8. The molecule has 0 saturated heterocycles. The maximum absolute atomic E-state index is 6.50. The van der Waals surface area contributed by atoms with E-state index in [2.05, 4.69) is 27.7 Å². The van der Waals surface area contributed by atoms with E-state index in [1.807, 2.05) is 0 Å². The minimum absolute atomic E-state index is 0.226. The number of unbranched alkanes of at least 4 members (excludes halogenated alkanes) is 12. The van der Waals surface area contributed by atoms with Gasteiger partial charge in [-0.2, -0.15) is 0 Å². The van der Waals surface area contributed by atoms with E-state index in [0.717, 1.165) is 25.4 Å². The van der Waals surface area contributed by atoms with Gasteiger partial charge in [-0.15, -0.1) is 0 Å². The van der Waals surface area contributed by atoms with Gasteiger partial charge in [0.15, 0.2) is 0 Å². The third-order valence-electron chi connectivity index (χ3n) is 5.51. The van der Waals surface area contributed by atoms with Crippen molar-refractivity contribution in [3.63, 3.8) is 0 Å². The molecule has 176 valence electrons. The minimum atomic E-state index is -2.53. The largest absolute Gasteiger partial charge is 0.501 e. The Labute approximate surface area is 184 Å². The van der Waals surface area contributed by atoms with Gasteiger partial charge in [0.25, 0.3) is 0 Å². The number of nitrogens with two attached hydrogens (primary N) is 1. The highest BCUT2D eigenvalue weighted by atomic mass is 28.4. The van der Waals surface area contributed by atoms with Gasteiger partial charge in [0, 0.05) is 25.4 Å². The molecule has 0 aromatic carbocycles. The molecule has 0 aliphatic rings. The van der Waals surface area contributed by atoms with Crippen molar-refractivity contribution in [1.29, 1.82) is 0 Å². The summed E-state index contributed by atoms with van der Waals surface area (Å²) in [5, 5.41) is 0. The molecule has 0 heterocycles. The number of rotatable bonds is 23. The van der Waals surface area contributed by atoms with E-state index >= 15 is 0 Å². The van der Waals surface area contributed by atoms with Crippen LogP contribution in [0.1, 0.15) is 124 Å². The summed E-state index contributed by atoms with van der Waals surface area (Å²) in [6, 6.07) is 0.966. The fourth-order valence-electron chi connectivity index (χ4n) is 3.88. The third kappa shape index (κ3) is 17.4. The van der Waals surface area contributed by atoms with Crippen molar-refractivity contribution >= 4 is 8.80 Å². The second kappa shape index (κ2) is 21.3. The Morgan fingerprint density at radius 1 is 0.655 bits per heavy atom. The SMILES string of the molecule is CCCCCCCC[Si](OCC)(OCC)OC(C)CCCCCCCCCCN. The topological polar surface area (TPSA) is 53.7 Å². The van der Waals surface area contributed by atoms with Crippen molar-refractivity contribution in [3.05, 3.63) is 0 Å². The zero-order chi connectivity index (χ0) is 21.6. The molecule has 0 aliphatic heterocycles. The smallest absolute Gasteiger partial charge is 0.374 e. The quantitative estimate of drug-likeness (QED) is 0.137. The average Bonchev–Trinajstić information content (AvgIpc) is 2.70. The fraction of sp³-hybridized carbons (Fsp3) is 1.00. The van der Waals surface area contributed by atoms with E-state index < -0.39 is 8.80 Å². The van der Waals surface area contributed by atoms with Crippen molar-refractivity contribution in [2.24, 2.45) is 5.73 Å². The molecule has 0 fully saturated rings. The Kier molecular flexibility index (Phi) is 21.3. The zero-order valence-electron chi connectivity index (χ0n) is 20.3. The van der Waals surface area contributed by atoms with E-state index in [4.69, 9.17) is 19.0 Å². The predicted octanol–water partition coefficient (Wildman–Crippen LogP) is 7.23.